The maximum Gasteiger partial charge on any atom is 0.223 e. The van der Waals surface area contributed by atoms with Crippen LogP contribution in [0.3, 0.4) is 0 Å². The van der Waals surface area contributed by atoms with Crippen LogP contribution in [0.15, 0.2) is 30.3 Å². The summed E-state index contributed by atoms with van der Waals surface area (Å²) in [6.45, 7) is 9.50. The van der Waals surface area contributed by atoms with Crippen LogP contribution >= 0.6 is 0 Å². The molecule has 0 bridgehead atoms. The summed E-state index contributed by atoms with van der Waals surface area (Å²) in [5.74, 6) is 0.521. The molecule has 0 heterocycles. The second-order valence-corrected chi connectivity index (χ2v) is 5.18. The fraction of sp³-hybridized carbons (Fsp3) is 0.529. The number of rotatable bonds is 8. The van der Waals surface area contributed by atoms with Crippen molar-refractivity contribution in [3.8, 4) is 0 Å². The van der Waals surface area contributed by atoms with Crippen molar-refractivity contribution in [1.82, 2.24) is 4.90 Å². The van der Waals surface area contributed by atoms with Gasteiger partial charge in [0.05, 0.1) is 0 Å². The maximum absolute atomic E-state index is 11.7. The van der Waals surface area contributed by atoms with E-state index in [9.17, 15) is 4.79 Å². The van der Waals surface area contributed by atoms with E-state index >= 15 is 0 Å². The van der Waals surface area contributed by atoms with Crippen molar-refractivity contribution >= 4 is 5.91 Å². The third-order valence-corrected chi connectivity index (χ3v) is 3.59. The zero-order chi connectivity index (χ0) is 14.1. The van der Waals surface area contributed by atoms with Crippen molar-refractivity contribution in [2.75, 3.05) is 6.54 Å². The summed E-state index contributed by atoms with van der Waals surface area (Å²) < 4.78 is 0. The molecule has 0 aromatic heterocycles. The number of carbonyl (C=O) groups excluding carboxylic acids is 1. The van der Waals surface area contributed by atoms with Gasteiger partial charge in [-0.25, -0.2) is 0 Å². The van der Waals surface area contributed by atoms with Gasteiger partial charge in [-0.2, -0.15) is 0 Å². The third kappa shape index (κ3) is 5.91. The average Bonchev–Trinajstić information content (AvgIpc) is 2.43. The third-order valence-electron chi connectivity index (χ3n) is 3.59. The molecule has 1 unspecified atom stereocenters. The maximum atomic E-state index is 11.7. The fourth-order valence-electron chi connectivity index (χ4n) is 2.29. The van der Waals surface area contributed by atoms with Crippen LogP contribution in [-0.4, -0.2) is 17.4 Å². The molecular weight excluding hydrogens is 234 g/mol. The first-order valence-corrected chi connectivity index (χ1v) is 7.32. The zero-order valence-electron chi connectivity index (χ0n) is 12.3. The monoisotopic (exact) mass is 260 g/mol. The first-order chi connectivity index (χ1) is 9.17. The minimum atomic E-state index is -0.0706. The number of unbranched alkanes of at least 4 members (excludes halogenated alkanes) is 1. The summed E-state index contributed by atoms with van der Waals surface area (Å²) in [7, 11) is 0. The molecule has 0 aliphatic carbocycles. The van der Waals surface area contributed by atoms with E-state index in [1.165, 1.54) is 24.8 Å². The van der Waals surface area contributed by atoms with Gasteiger partial charge in [0.2, 0.25) is 5.91 Å². The molecule has 1 atom stereocenters. The van der Waals surface area contributed by atoms with Crippen molar-refractivity contribution in [2.45, 2.75) is 46.1 Å². The Morgan fingerprint density at radius 1 is 1.26 bits per heavy atom. The fourth-order valence-corrected chi connectivity index (χ4v) is 2.29. The van der Waals surface area contributed by atoms with Crippen LogP contribution in [0.25, 0.3) is 0 Å². The second kappa shape index (κ2) is 8.73. The molecule has 0 aliphatic heterocycles. The van der Waals surface area contributed by atoms with Gasteiger partial charge < -0.3 is 4.90 Å². The van der Waals surface area contributed by atoms with Crippen molar-refractivity contribution < 1.29 is 4.79 Å². The van der Waals surface area contributed by atoms with E-state index in [0.717, 1.165) is 13.0 Å². The second-order valence-electron chi connectivity index (χ2n) is 5.18. The lowest BCUT2D eigenvalue weighted by molar-refractivity contribution is -0.127. The molecule has 1 aromatic rings. The Morgan fingerprint density at radius 3 is 2.47 bits per heavy atom. The first-order valence-electron chi connectivity index (χ1n) is 7.32. The molecule has 0 fully saturated rings. The predicted molar refractivity (Wildman–Crippen MR) is 80.5 cm³/mol. The van der Waals surface area contributed by atoms with E-state index in [1.54, 1.807) is 0 Å². The summed E-state index contributed by atoms with van der Waals surface area (Å²) in [5.41, 5.74) is 1.17. The summed E-state index contributed by atoms with van der Waals surface area (Å²) in [5, 5.41) is 0. The molecule has 0 saturated carbocycles. The molecule has 1 amide bonds. The minimum absolute atomic E-state index is 0.0706. The SMILES string of the molecule is [CH2]C(=O)N(Cc1ccccc1)CC(CC)CCCC. The van der Waals surface area contributed by atoms with Crippen LogP contribution in [0.2, 0.25) is 0 Å². The Hall–Kier alpha value is -1.31. The Balaban J connectivity index is 2.59. The summed E-state index contributed by atoms with van der Waals surface area (Å²) >= 11 is 0. The van der Waals surface area contributed by atoms with Gasteiger partial charge >= 0.3 is 0 Å². The highest BCUT2D eigenvalue weighted by Gasteiger charge is 2.15. The average molecular weight is 260 g/mol. The minimum Gasteiger partial charge on any atom is -0.338 e. The number of carbonyl (C=O) groups is 1. The molecule has 0 spiro atoms. The number of hydrogen-bond acceptors (Lipinski definition) is 1. The van der Waals surface area contributed by atoms with Gasteiger partial charge in [-0.15, -0.1) is 0 Å². The van der Waals surface area contributed by atoms with E-state index in [-0.39, 0.29) is 5.91 Å². The lowest BCUT2D eigenvalue weighted by atomic mass is 9.98. The molecule has 0 N–H and O–H groups in total. The van der Waals surface area contributed by atoms with Gasteiger partial charge in [0.25, 0.3) is 0 Å². The normalized spacial score (nSPS) is 12.2. The predicted octanol–water partition coefficient (Wildman–Crippen LogP) is 4.07. The van der Waals surface area contributed by atoms with Gasteiger partial charge in [-0.3, -0.25) is 4.79 Å². The number of hydrogen-bond donors (Lipinski definition) is 0. The van der Waals surface area contributed by atoms with Crippen LogP contribution in [0, 0.1) is 12.8 Å². The van der Waals surface area contributed by atoms with E-state index in [2.05, 4.69) is 32.9 Å². The molecule has 105 valence electrons. The van der Waals surface area contributed by atoms with Crippen LogP contribution < -0.4 is 0 Å². The van der Waals surface area contributed by atoms with Crippen molar-refractivity contribution in [3.05, 3.63) is 42.8 Å². The molecule has 19 heavy (non-hydrogen) atoms. The Labute approximate surface area is 117 Å². The van der Waals surface area contributed by atoms with E-state index in [0.29, 0.717) is 12.5 Å². The zero-order valence-corrected chi connectivity index (χ0v) is 12.3. The van der Waals surface area contributed by atoms with Crippen LogP contribution in [0.1, 0.15) is 45.1 Å². The van der Waals surface area contributed by atoms with Crippen LogP contribution in [0.4, 0.5) is 0 Å². The van der Waals surface area contributed by atoms with E-state index < -0.39 is 0 Å². The quantitative estimate of drug-likeness (QED) is 0.690. The molecule has 1 rings (SSSR count). The molecule has 1 aromatic carbocycles. The highest BCUT2D eigenvalue weighted by Crippen LogP contribution is 2.16. The Morgan fingerprint density at radius 2 is 1.95 bits per heavy atom. The first kappa shape index (κ1) is 15.7. The van der Waals surface area contributed by atoms with Gasteiger partial charge in [0.1, 0.15) is 0 Å². The highest BCUT2D eigenvalue weighted by atomic mass is 16.2. The smallest absolute Gasteiger partial charge is 0.223 e. The summed E-state index contributed by atoms with van der Waals surface area (Å²) in [4.78, 5) is 13.6. The van der Waals surface area contributed by atoms with E-state index in [4.69, 9.17) is 0 Å². The van der Waals surface area contributed by atoms with E-state index in [1.807, 2.05) is 23.1 Å². The van der Waals surface area contributed by atoms with Crippen molar-refractivity contribution in [3.63, 3.8) is 0 Å². The number of nitrogens with zero attached hydrogens (tertiary/aromatic N) is 1. The number of benzene rings is 1. The largest absolute Gasteiger partial charge is 0.338 e. The molecule has 0 saturated heterocycles. The molecule has 1 radical (unpaired) electrons. The van der Waals surface area contributed by atoms with Crippen molar-refractivity contribution in [2.24, 2.45) is 5.92 Å². The van der Waals surface area contributed by atoms with Crippen LogP contribution in [0.5, 0.6) is 0 Å². The molecule has 2 heteroatoms. The molecular formula is C17H26NO. The van der Waals surface area contributed by atoms with Gasteiger partial charge in [-0.1, -0.05) is 63.4 Å². The standard InChI is InChI=1S/C17H26NO/c1-4-6-10-16(5-2)13-18(15(3)19)14-17-11-8-7-9-12-17/h7-9,11-12,16H,3-6,10,13-14H2,1-2H3. The van der Waals surface area contributed by atoms with Gasteiger partial charge in [0, 0.05) is 20.0 Å². The van der Waals surface area contributed by atoms with Gasteiger partial charge in [-0.05, 0) is 17.9 Å². The highest BCUT2D eigenvalue weighted by molar-refractivity contribution is 5.80. The Kier molecular flexibility index (Phi) is 7.24. The lowest BCUT2D eigenvalue weighted by Gasteiger charge is -2.26. The van der Waals surface area contributed by atoms with Gasteiger partial charge in [0.15, 0.2) is 0 Å². The topological polar surface area (TPSA) is 20.3 Å². The lowest BCUT2D eigenvalue weighted by Crippen LogP contribution is -2.33. The van der Waals surface area contributed by atoms with Crippen molar-refractivity contribution in [1.29, 1.82) is 0 Å². The van der Waals surface area contributed by atoms with Crippen LogP contribution in [-0.2, 0) is 11.3 Å². The molecule has 0 aliphatic rings. The number of amides is 1. The Bertz CT molecular complexity index is 361. The molecule has 2 nitrogen and oxygen atoms in total. The summed E-state index contributed by atoms with van der Waals surface area (Å²) in [6, 6.07) is 10.1. The summed E-state index contributed by atoms with van der Waals surface area (Å²) in [6.07, 6.45) is 4.78.